The standard InChI is InChI=1S/C22H22FN5O.C3H9NS.C2H6.CH3F.2H2O.2H2/c1-13(24)3-2-4-15(8-23)20(29)19-12-28-22-18(19)7-16(9-27-22)17-10-25-21(26-11-17)14-5-6-14;1-3-4(2)5;2*1-2;;;;/h3,7-12,14H,2,4-6,24H2,1H3,(H,27,28);5H,3H2,1-2H3;1-2H3;1H3;2*1H2;2*1H/b13-3+,15-8-;;;;;;;. The van der Waals surface area contributed by atoms with Crippen LogP contribution in [0.1, 0.15) is 78.3 Å². The van der Waals surface area contributed by atoms with Crippen molar-refractivity contribution in [1.29, 1.82) is 0 Å². The molecule has 9 nitrogen and oxygen atoms in total. The van der Waals surface area contributed by atoms with Crippen LogP contribution in [0.3, 0.4) is 0 Å². The zero-order valence-corrected chi connectivity index (χ0v) is 25.0. The predicted octanol–water partition coefficient (Wildman–Crippen LogP) is 5.81. The summed E-state index contributed by atoms with van der Waals surface area (Å²) in [5.74, 6) is 1.00. The molecular formula is C28H48F2N6O3S. The molecule has 4 rings (SSSR count). The van der Waals surface area contributed by atoms with E-state index in [0.717, 1.165) is 36.3 Å². The molecule has 3 heterocycles. The number of ketones is 1. The van der Waals surface area contributed by atoms with Gasteiger partial charge in [-0.2, -0.15) is 0 Å². The van der Waals surface area contributed by atoms with Crippen LogP contribution in [0.25, 0.3) is 22.2 Å². The van der Waals surface area contributed by atoms with Gasteiger partial charge in [0.05, 0.1) is 13.5 Å². The van der Waals surface area contributed by atoms with E-state index >= 15 is 0 Å². The molecular weight excluding hydrogens is 538 g/mol. The van der Waals surface area contributed by atoms with Gasteiger partial charge >= 0.3 is 0 Å². The molecule has 0 unspecified atom stereocenters. The first-order chi connectivity index (χ1) is 18.3. The highest BCUT2D eigenvalue weighted by Crippen LogP contribution is 2.38. The Morgan fingerprint density at radius 3 is 2.20 bits per heavy atom. The Morgan fingerprint density at radius 2 is 1.73 bits per heavy atom. The number of thiol groups is 1. The van der Waals surface area contributed by atoms with E-state index in [1.807, 2.05) is 38.2 Å². The van der Waals surface area contributed by atoms with Crippen LogP contribution in [-0.2, 0) is 0 Å². The average molecular weight is 587 g/mol. The number of pyridine rings is 1. The van der Waals surface area contributed by atoms with E-state index in [0.29, 0.717) is 48.1 Å². The van der Waals surface area contributed by atoms with Crippen LogP contribution >= 0.6 is 12.8 Å². The lowest BCUT2D eigenvalue weighted by Gasteiger charge is -2.05. The molecule has 0 radical (unpaired) electrons. The molecule has 1 aliphatic carbocycles. The van der Waals surface area contributed by atoms with E-state index in [1.165, 1.54) is 0 Å². The number of H-pyrrole nitrogens is 1. The molecule has 1 saturated carbocycles. The molecule has 1 fully saturated rings. The minimum atomic E-state index is -0.360. The first-order valence-corrected chi connectivity index (χ1v) is 13.1. The Balaban J connectivity index is -0.000000498. The van der Waals surface area contributed by atoms with E-state index in [-0.39, 0.29) is 31.6 Å². The summed E-state index contributed by atoms with van der Waals surface area (Å²) < 4.78 is 24.7. The highest BCUT2D eigenvalue weighted by atomic mass is 32.1. The third-order valence-electron chi connectivity index (χ3n) is 5.48. The van der Waals surface area contributed by atoms with Gasteiger partial charge in [-0.15, -0.1) is 0 Å². The van der Waals surface area contributed by atoms with Crippen LogP contribution in [-0.4, -0.2) is 61.7 Å². The van der Waals surface area contributed by atoms with Crippen molar-refractivity contribution in [2.75, 3.05) is 20.8 Å². The molecule has 0 atom stereocenters. The fourth-order valence-electron chi connectivity index (χ4n) is 3.23. The number of nitrogens with zero attached hydrogens (tertiary/aromatic N) is 4. The molecule has 7 N–H and O–H groups in total. The number of rotatable bonds is 8. The van der Waals surface area contributed by atoms with Gasteiger partial charge in [-0.1, -0.05) is 39.7 Å². The van der Waals surface area contributed by atoms with Crippen molar-refractivity contribution in [3.05, 3.63) is 65.9 Å². The van der Waals surface area contributed by atoms with Crippen molar-refractivity contribution in [3.8, 4) is 11.1 Å². The molecule has 0 saturated heterocycles. The highest BCUT2D eigenvalue weighted by Gasteiger charge is 2.26. The minimum absolute atomic E-state index is 0. The number of hydrogen-bond acceptors (Lipinski definition) is 7. The summed E-state index contributed by atoms with van der Waals surface area (Å²) in [6.45, 7) is 8.81. The van der Waals surface area contributed by atoms with Gasteiger partial charge in [-0.3, -0.25) is 13.5 Å². The van der Waals surface area contributed by atoms with Gasteiger partial charge in [0, 0.05) is 73.5 Å². The number of aromatic amines is 1. The lowest BCUT2D eigenvalue weighted by atomic mass is 9.99. The van der Waals surface area contributed by atoms with Crippen LogP contribution in [0.15, 0.2) is 54.5 Å². The molecule has 0 aromatic carbocycles. The first-order valence-electron chi connectivity index (χ1n) is 12.7. The molecule has 3 aromatic rings. The van der Waals surface area contributed by atoms with Crippen molar-refractivity contribution in [2.45, 2.75) is 59.3 Å². The minimum Gasteiger partial charge on any atom is -0.412 e. The summed E-state index contributed by atoms with van der Waals surface area (Å²) in [6.07, 6.45) is 12.1. The number of hydrogen-bond donors (Lipinski definition) is 3. The third-order valence-corrected chi connectivity index (χ3v) is 5.77. The number of aromatic nitrogens is 4. The van der Waals surface area contributed by atoms with Crippen LogP contribution in [0, 0.1) is 0 Å². The van der Waals surface area contributed by atoms with Crippen LogP contribution in [0.5, 0.6) is 0 Å². The summed E-state index contributed by atoms with van der Waals surface area (Å²) >= 11 is 3.93. The van der Waals surface area contributed by atoms with Gasteiger partial charge in [-0.25, -0.2) is 19.3 Å². The number of halogens is 2. The molecule has 40 heavy (non-hydrogen) atoms. The number of carbonyl (C=O) groups excluding carboxylic acids is 1. The van der Waals surface area contributed by atoms with E-state index in [9.17, 15) is 13.6 Å². The molecule has 0 aliphatic heterocycles. The predicted molar refractivity (Wildman–Crippen MR) is 167 cm³/mol. The number of allylic oxidation sites excluding steroid dienone is 3. The van der Waals surface area contributed by atoms with E-state index in [4.69, 9.17) is 5.73 Å². The number of nitrogens with one attached hydrogen (secondary N) is 1. The van der Waals surface area contributed by atoms with Gasteiger partial charge in [0.2, 0.25) is 0 Å². The quantitative estimate of drug-likeness (QED) is 0.171. The third kappa shape index (κ3) is 11.9. The summed E-state index contributed by atoms with van der Waals surface area (Å²) in [4.78, 5) is 29.1. The first kappa shape index (κ1) is 39.0. The maximum atomic E-state index is 13.4. The second-order valence-electron chi connectivity index (χ2n) is 8.35. The van der Waals surface area contributed by atoms with E-state index in [2.05, 4.69) is 32.8 Å². The lowest BCUT2D eigenvalue weighted by molar-refractivity contribution is 0.103. The normalized spacial score (nSPS) is 12.4. The zero-order chi connectivity index (χ0) is 28.7. The second kappa shape index (κ2) is 20.7. The van der Waals surface area contributed by atoms with Gasteiger partial charge < -0.3 is 21.7 Å². The van der Waals surface area contributed by atoms with Crippen LogP contribution in [0.2, 0.25) is 0 Å². The molecule has 1 aliphatic rings. The largest absolute Gasteiger partial charge is 0.412 e. The Kier molecular flexibility index (Phi) is 20.1. The molecule has 0 bridgehead atoms. The Morgan fingerprint density at radius 1 is 1.18 bits per heavy atom. The Hall–Kier alpha value is -3.19. The molecule has 12 heteroatoms. The van der Waals surface area contributed by atoms with E-state index < -0.39 is 0 Å². The maximum Gasteiger partial charge on any atom is 0.193 e. The zero-order valence-electron chi connectivity index (χ0n) is 24.1. The summed E-state index contributed by atoms with van der Waals surface area (Å²) in [6, 6.07) is 1.86. The summed E-state index contributed by atoms with van der Waals surface area (Å²) in [5.41, 5.74) is 8.95. The Bertz CT molecular complexity index is 1200. The van der Waals surface area contributed by atoms with Gasteiger partial charge in [0.15, 0.2) is 5.78 Å². The number of carbonyl (C=O) groups is 1. The van der Waals surface area contributed by atoms with Crippen molar-refractivity contribution in [3.63, 3.8) is 0 Å². The highest BCUT2D eigenvalue weighted by molar-refractivity contribution is 7.77. The van der Waals surface area contributed by atoms with Crippen molar-refractivity contribution < 1.29 is 27.4 Å². The van der Waals surface area contributed by atoms with Gasteiger partial charge in [0.25, 0.3) is 0 Å². The maximum absolute atomic E-state index is 13.4. The topological polar surface area (TPSA) is 164 Å². The second-order valence-corrected chi connectivity index (χ2v) is 9.03. The number of fused-ring (bicyclic) bond motifs is 1. The fourth-order valence-corrected chi connectivity index (χ4v) is 3.23. The summed E-state index contributed by atoms with van der Waals surface area (Å²) in [5, 5.41) is 0.642. The van der Waals surface area contributed by atoms with Crippen LogP contribution in [0.4, 0.5) is 8.78 Å². The van der Waals surface area contributed by atoms with E-state index in [1.54, 1.807) is 37.8 Å². The van der Waals surface area contributed by atoms with Crippen molar-refractivity contribution in [1.82, 2.24) is 24.2 Å². The number of Topliss-reactive ketones (excluding diaryl/α,β-unsaturated/α-hetero) is 1. The molecule has 0 amide bonds. The van der Waals surface area contributed by atoms with Gasteiger partial charge in [-0.05, 0) is 45.7 Å². The molecule has 228 valence electrons. The Labute approximate surface area is 244 Å². The fraction of sp³-hybridized carbons (Fsp3) is 0.429. The van der Waals surface area contributed by atoms with Gasteiger partial charge in [0.1, 0.15) is 11.5 Å². The lowest BCUT2D eigenvalue weighted by Crippen LogP contribution is -2.03. The monoisotopic (exact) mass is 586 g/mol. The van der Waals surface area contributed by atoms with Crippen molar-refractivity contribution in [2.24, 2.45) is 5.73 Å². The summed E-state index contributed by atoms with van der Waals surface area (Å²) in [7, 11) is 2.42. The van der Waals surface area contributed by atoms with Crippen molar-refractivity contribution >= 4 is 29.6 Å². The van der Waals surface area contributed by atoms with Crippen LogP contribution < -0.4 is 5.73 Å². The smallest absolute Gasteiger partial charge is 0.193 e. The molecule has 3 aromatic heterocycles. The number of nitrogens with two attached hydrogens (primary N) is 1. The average Bonchev–Trinajstić information content (AvgIpc) is 3.72. The number of alkyl halides is 1. The molecule has 0 spiro atoms. The SMILES string of the molecule is C/C(N)=C\CC/C(=C/F)C(=O)c1c[nH]c2ncc(-c3cnc(C4CC4)nc3)cc12.CC.CCN(C)S.CF.O.O.[HH].[HH].